The minimum atomic E-state index is -0.337. The van der Waals surface area contributed by atoms with Crippen molar-refractivity contribution in [3.63, 3.8) is 0 Å². The number of hydrogen-bond acceptors (Lipinski definition) is 5. The number of esters is 1. The zero-order valence-corrected chi connectivity index (χ0v) is 16.5. The summed E-state index contributed by atoms with van der Waals surface area (Å²) in [6.45, 7) is 0.599. The lowest BCUT2D eigenvalue weighted by Gasteiger charge is -2.09. The lowest BCUT2D eigenvalue weighted by atomic mass is 10.1. The van der Waals surface area contributed by atoms with Crippen molar-refractivity contribution >= 4 is 23.6 Å². The van der Waals surface area contributed by atoms with E-state index in [0.29, 0.717) is 18.5 Å². The maximum Gasteiger partial charge on any atom is 0.337 e. The van der Waals surface area contributed by atoms with Crippen LogP contribution in [0.25, 0.3) is 0 Å². The van der Waals surface area contributed by atoms with E-state index in [1.165, 1.54) is 7.11 Å². The highest BCUT2D eigenvalue weighted by molar-refractivity contribution is 7.99. The van der Waals surface area contributed by atoms with Crippen LogP contribution in [0.5, 0.6) is 5.75 Å². The molecule has 1 N–H and O–H groups in total. The average Bonchev–Trinajstić information content (AvgIpc) is 2.71. The number of ether oxygens (including phenoxy) is 2. The highest BCUT2D eigenvalue weighted by atomic mass is 32.2. The van der Waals surface area contributed by atoms with E-state index < -0.39 is 0 Å². The van der Waals surface area contributed by atoms with Crippen molar-refractivity contribution in [2.45, 2.75) is 24.2 Å². The SMILES string of the molecule is COC(=O)c1ccc(SCCCC(=O)NCCc2ccccc2OC)cc1. The fourth-order valence-electron chi connectivity index (χ4n) is 2.56. The number of carbonyl (C=O) groups is 2. The second-order valence-corrected chi connectivity index (χ2v) is 7.05. The first-order valence-corrected chi connectivity index (χ1v) is 9.82. The molecule has 0 bridgehead atoms. The van der Waals surface area contributed by atoms with E-state index in [1.54, 1.807) is 31.0 Å². The number of carbonyl (C=O) groups excluding carboxylic acids is 2. The minimum Gasteiger partial charge on any atom is -0.496 e. The molecule has 1 amide bonds. The van der Waals surface area contributed by atoms with Crippen molar-refractivity contribution in [1.82, 2.24) is 5.32 Å². The fourth-order valence-corrected chi connectivity index (χ4v) is 3.42. The summed E-state index contributed by atoms with van der Waals surface area (Å²) in [5.74, 6) is 1.42. The van der Waals surface area contributed by atoms with Gasteiger partial charge in [-0.05, 0) is 54.5 Å². The molecule has 6 heteroatoms. The molecule has 0 spiro atoms. The fraction of sp³-hybridized carbons (Fsp3) is 0.333. The highest BCUT2D eigenvalue weighted by Gasteiger charge is 2.06. The quantitative estimate of drug-likeness (QED) is 0.382. The van der Waals surface area contributed by atoms with Gasteiger partial charge in [-0.1, -0.05) is 18.2 Å². The van der Waals surface area contributed by atoms with Crippen molar-refractivity contribution in [1.29, 1.82) is 0 Å². The molecule has 2 aromatic carbocycles. The van der Waals surface area contributed by atoms with Gasteiger partial charge < -0.3 is 14.8 Å². The van der Waals surface area contributed by atoms with Crippen molar-refractivity contribution in [3.05, 3.63) is 59.7 Å². The second-order valence-electron chi connectivity index (χ2n) is 5.88. The molecule has 27 heavy (non-hydrogen) atoms. The number of hydrogen-bond donors (Lipinski definition) is 1. The van der Waals surface area contributed by atoms with Crippen LogP contribution in [0.3, 0.4) is 0 Å². The van der Waals surface area contributed by atoms with Crippen LogP contribution in [0, 0.1) is 0 Å². The van der Waals surface area contributed by atoms with Crippen molar-refractivity contribution in [2.24, 2.45) is 0 Å². The minimum absolute atomic E-state index is 0.0616. The summed E-state index contributed by atoms with van der Waals surface area (Å²) in [5.41, 5.74) is 1.63. The largest absolute Gasteiger partial charge is 0.496 e. The topological polar surface area (TPSA) is 64.6 Å². The van der Waals surface area contributed by atoms with Gasteiger partial charge >= 0.3 is 5.97 Å². The van der Waals surface area contributed by atoms with Crippen LogP contribution < -0.4 is 10.1 Å². The summed E-state index contributed by atoms with van der Waals surface area (Å²) in [6, 6.07) is 15.1. The van der Waals surface area contributed by atoms with E-state index >= 15 is 0 Å². The van der Waals surface area contributed by atoms with Gasteiger partial charge in [0.1, 0.15) is 5.75 Å². The molecule has 0 saturated heterocycles. The van der Waals surface area contributed by atoms with Crippen LogP contribution in [0.15, 0.2) is 53.4 Å². The van der Waals surface area contributed by atoms with Gasteiger partial charge in [0.05, 0.1) is 19.8 Å². The Hall–Kier alpha value is -2.47. The number of amides is 1. The summed E-state index contributed by atoms with van der Waals surface area (Å²) in [6.07, 6.45) is 2.04. The summed E-state index contributed by atoms with van der Waals surface area (Å²) < 4.78 is 9.99. The molecular weight excluding hydrogens is 362 g/mol. The zero-order valence-electron chi connectivity index (χ0n) is 15.7. The third-order valence-corrected chi connectivity index (χ3v) is 5.10. The van der Waals surface area contributed by atoms with Crippen LogP contribution in [-0.4, -0.2) is 38.4 Å². The molecule has 5 nitrogen and oxygen atoms in total. The maximum atomic E-state index is 11.9. The molecule has 144 valence electrons. The molecule has 0 aliphatic rings. The molecule has 0 aromatic heterocycles. The molecule has 0 saturated carbocycles. The lowest BCUT2D eigenvalue weighted by molar-refractivity contribution is -0.121. The van der Waals surface area contributed by atoms with Gasteiger partial charge in [-0.15, -0.1) is 11.8 Å². The molecule has 0 fully saturated rings. The maximum absolute atomic E-state index is 11.9. The van der Waals surface area contributed by atoms with Gasteiger partial charge in [0.25, 0.3) is 0 Å². The first-order valence-electron chi connectivity index (χ1n) is 8.84. The Kier molecular flexibility index (Phi) is 8.71. The van der Waals surface area contributed by atoms with E-state index in [0.717, 1.165) is 34.8 Å². The van der Waals surface area contributed by atoms with Crippen molar-refractivity contribution in [3.8, 4) is 5.75 Å². The van der Waals surface area contributed by atoms with E-state index in [1.807, 2.05) is 36.4 Å². The van der Waals surface area contributed by atoms with E-state index in [4.69, 9.17) is 4.74 Å². The van der Waals surface area contributed by atoms with Gasteiger partial charge in [0.2, 0.25) is 5.91 Å². The van der Waals surface area contributed by atoms with Crippen molar-refractivity contribution in [2.75, 3.05) is 26.5 Å². The Morgan fingerprint density at radius 2 is 1.78 bits per heavy atom. The molecule has 0 aliphatic carbocycles. The molecule has 0 unspecified atom stereocenters. The van der Waals surface area contributed by atoms with Gasteiger partial charge in [0.15, 0.2) is 0 Å². The highest BCUT2D eigenvalue weighted by Crippen LogP contribution is 2.20. The molecule has 0 radical (unpaired) electrons. The third kappa shape index (κ3) is 6.98. The van der Waals surface area contributed by atoms with Crippen LogP contribution >= 0.6 is 11.8 Å². The molecule has 0 heterocycles. The van der Waals surface area contributed by atoms with E-state index in [2.05, 4.69) is 10.1 Å². The van der Waals surface area contributed by atoms with Crippen molar-refractivity contribution < 1.29 is 19.1 Å². The predicted octanol–water partition coefficient (Wildman–Crippen LogP) is 3.71. The summed E-state index contributed by atoms with van der Waals surface area (Å²) >= 11 is 1.67. The Bertz CT molecular complexity index is 746. The Balaban J connectivity index is 1.62. The number of benzene rings is 2. The van der Waals surface area contributed by atoms with Crippen LogP contribution in [-0.2, 0) is 16.0 Å². The third-order valence-electron chi connectivity index (χ3n) is 4.00. The van der Waals surface area contributed by atoms with Gasteiger partial charge in [-0.25, -0.2) is 4.79 Å². The van der Waals surface area contributed by atoms with E-state index in [9.17, 15) is 9.59 Å². The molecular formula is C21H25NO4S. The van der Waals surface area contributed by atoms with Gasteiger partial charge in [-0.3, -0.25) is 4.79 Å². The molecule has 2 rings (SSSR count). The summed E-state index contributed by atoms with van der Waals surface area (Å²) in [5, 5.41) is 2.95. The number of para-hydroxylation sites is 1. The number of rotatable bonds is 10. The monoisotopic (exact) mass is 387 g/mol. The first kappa shape index (κ1) is 20.8. The Morgan fingerprint density at radius 1 is 1.04 bits per heavy atom. The zero-order chi connectivity index (χ0) is 19.5. The lowest BCUT2D eigenvalue weighted by Crippen LogP contribution is -2.25. The van der Waals surface area contributed by atoms with Crippen LogP contribution in [0.2, 0.25) is 0 Å². The average molecular weight is 388 g/mol. The summed E-state index contributed by atoms with van der Waals surface area (Å²) in [4.78, 5) is 24.4. The smallest absolute Gasteiger partial charge is 0.337 e. The summed E-state index contributed by atoms with van der Waals surface area (Å²) in [7, 11) is 3.02. The van der Waals surface area contributed by atoms with Gasteiger partial charge in [0, 0.05) is 17.9 Å². The van der Waals surface area contributed by atoms with Gasteiger partial charge in [-0.2, -0.15) is 0 Å². The standard InChI is InChI=1S/C21H25NO4S/c1-25-19-7-4-3-6-16(19)13-14-22-20(23)8-5-15-27-18-11-9-17(10-12-18)21(24)26-2/h3-4,6-7,9-12H,5,8,13-15H2,1-2H3,(H,22,23). The Labute approximate surface area is 164 Å². The first-order chi connectivity index (χ1) is 13.1. The number of nitrogens with one attached hydrogen (secondary N) is 1. The van der Waals surface area contributed by atoms with Crippen LogP contribution in [0.1, 0.15) is 28.8 Å². The van der Waals surface area contributed by atoms with Crippen LogP contribution in [0.4, 0.5) is 0 Å². The number of thioether (sulfide) groups is 1. The second kappa shape index (κ2) is 11.3. The molecule has 0 aliphatic heterocycles. The Morgan fingerprint density at radius 3 is 2.48 bits per heavy atom. The molecule has 0 atom stereocenters. The van der Waals surface area contributed by atoms with E-state index in [-0.39, 0.29) is 11.9 Å². The number of methoxy groups -OCH3 is 2. The predicted molar refractivity (Wildman–Crippen MR) is 107 cm³/mol. The normalized spacial score (nSPS) is 10.3. The molecule has 2 aromatic rings.